The first-order valence-electron chi connectivity index (χ1n) is 5.94. The summed E-state index contributed by atoms with van der Waals surface area (Å²) < 4.78 is 0. The minimum absolute atomic E-state index is 0.0294. The second-order valence-electron chi connectivity index (χ2n) is 4.04. The fraction of sp³-hybridized carbons (Fsp3) is 0.538. The number of nitrogens with zero attached hydrogens (tertiary/aromatic N) is 2. The van der Waals surface area contributed by atoms with Crippen molar-refractivity contribution in [3.63, 3.8) is 0 Å². The van der Waals surface area contributed by atoms with E-state index in [0.717, 1.165) is 11.4 Å². The number of carbonyl (C=O) groups is 1. The number of amides is 1. The summed E-state index contributed by atoms with van der Waals surface area (Å²) in [5.41, 5.74) is 0.567. The molecule has 1 atom stereocenters. The summed E-state index contributed by atoms with van der Waals surface area (Å²) in [7, 11) is 0. The maximum Gasteiger partial charge on any atom is 0.273 e. The van der Waals surface area contributed by atoms with E-state index in [4.69, 9.17) is 0 Å². The van der Waals surface area contributed by atoms with Crippen molar-refractivity contribution in [3.8, 4) is 0 Å². The number of carbonyl (C=O) groups excluding carboxylic acids is 1. The second kappa shape index (κ2) is 6.55. The van der Waals surface area contributed by atoms with Crippen molar-refractivity contribution < 1.29 is 4.79 Å². The van der Waals surface area contributed by atoms with Gasteiger partial charge in [0.15, 0.2) is 0 Å². The molecule has 17 heavy (non-hydrogen) atoms. The maximum atomic E-state index is 12.3. The molecule has 0 fully saturated rings. The van der Waals surface area contributed by atoms with Crippen LogP contribution in [-0.4, -0.2) is 28.4 Å². The molecular weight excluding hydrogens is 232 g/mol. The predicted octanol–water partition coefficient (Wildman–Crippen LogP) is 3.27. The summed E-state index contributed by atoms with van der Waals surface area (Å²) in [6.07, 6.45) is 4.92. The fourth-order valence-electron chi connectivity index (χ4n) is 1.51. The lowest BCUT2D eigenvalue weighted by molar-refractivity contribution is 0.0707. The number of hydrogen-bond acceptors (Lipinski definition) is 3. The molecule has 1 aromatic rings. The predicted molar refractivity (Wildman–Crippen MR) is 72.5 cm³/mol. The minimum atomic E-state index is 0.0294. The van der Waals surface area contributed by atoms with E-state index in [9.17, 15) is 4.79 Å². The van der Waals surface area contributed by atoms with Gasteiger partial charge in [-0.15, -0.1) is 11.3 Å². The Morgan fingerprint density at radius 2 is 2.35 bits per heavy atom. The average molecular weight is 252 g/mol. The van der Waals surface area contributed by atoms with E-state index in [2.05, 4.69) is 18.8 Å². The molecule has 3 nitrogen and oxygen atoms in total. The van der Waals surface area contributed by atoms with E-state index in [1.165, 1.54) is 11.3 Å². The van der Waals surface area contributed by atoms with Crippen LogP contribution in [0.3, 0.4) is 0 Å². The Morgan fingerprint density at radius 3 is 2.82 bits per heavy atom. The first kappa shape index (κ1) is 13.9. The molecule has 1 heterocycles. The Kier molecular flexibility index (Phi) is 5.35. The van der Waals surface area contributed by atoms with Crippen molar-refractivity contribution in [3.05, 3.63) is 28.2 Å². The van der Waals surface area contributed by atoms with E-state index in [1.807, 2.05) is 36.3 Å². The van der Waals surface area contributed by atoms with Crippen molar-refractivity contribution >= 4 is 17.2 Å². The van der Waals surface area contributed by atoms with E-state index < -0.39 is 0 Å². The molecule has 0 aliphatic carbocycles. The molecule has 0 aliphatic heterocycles. The number of rotatable bonds is 5. The lowest BCUT2D eigenvalue weighted by Crippen LogP contribution is -2.38. The molecule has 1 aromatic heterocycles. The van der Waals surface area contributed by atoms with Gasteiger partial charge in [0.2, 0.25) is 0 Å². The van der Waals surface area contributed by atoms with Crippen molar-refractivity contribution in [2.24, 2.45) is 0 Å². The molecule has 0 aliphatic rings. The first-order valence-corrected chi connectivity index (χ1v) is 6.82. The van der Waals surface area contributed by atoms with Crippen LogP contribution in [0.5, 0.6) is 0 Å². The van der Waals surface area contributed by atoms with Gasteiger partial charge in [-0.1, -0.05) is 19.1 Å². The van der Waals surface area contributed by atoms with E-state index >= 15 is 0 Å². The third kappa shape index (κ3) is 3.66. The largest absolute Gasteiger partial charge is 0.331 e. The number of thiazole rings is 1. The molecule has 94 valence electrons. The quantitative estimate of drug-likeness (QED) is 0.754. The SMILES string of the molecule is CC=CCN(C(=O)c1csc(C)n1)C(C)CC. The molecular formula is C13H20N2OS. The Hall–Kier alpha value is -1.16. The number of aryl methyl sites for hydroxylation is 1. The molecule has 0 saturated heterocycles. The third-order valence-electron chi connectivity index (χ3n) is 2.76. The molecule has 0 radical (unpaired) electrons. The van der Waals surface area contributed by atoms with Gasteiger partial charge in [-0.05, 0) is 27.2 Å². The van der Waals surface area contributed by atoms with Gasteiger partial charge >= 0.3 is 0 Å². The Bertz CT molecular complexity index is 398. The normalized spacial score (nSPS) is 12.9. The molecule has 0 saturated carbocycles. The molecule has 1 rings (SSSR count). The summed E-state index contributed by atoms with van der Waals surface area (Å²) in [5.74, 6) is 0.0294. The van der Waals surface area contributed by atoms with Crippen LogP contribution in [0.25, 0.3) is 0 Å². The van der Waals surface area contributed by atoms with Crippen LogP contribution in [-0.2, 0) is 0 Å². The summed E-state index contributed by atoms with van der Waals surface area (Å²) >= 11 is 1.52. The van der Waals surface area contributed by atoms with Gasteiger partial charge in [-0.2, -0.15) is 0 Å². The monoisotopic (exact) mass is 252 g/mol. The van der Waals surface area contributed by atoms with Crippen LogP contribution < -0.4 is 0 Å². The zero-order chi connectivity index (χ0) is 12.8. The second-order valence-corrected chi connectivity index (χ2v) is 5.10. The standard InChI is InChI=1S/C13H20N2OS/c1-5-7-8-15(10(3)6-2)13(16)12-9-17-11(4)14-12/h5,7,9-10H,6,8H2,1-4H3. The van der Waals surface area contributed by atoms with Crippen LogP contribution in [0.1, 0.15) is 42.7 Å². The number of aromatic nitrogens is 1. The minimum Gasteiger partial charge on any atom is -0.331 e. The van der Waals surface area contributed by atoms with E-state index in [0.29, 0.717) is 12.2 Å². The highest BCUT2D eigenvalue weighted by atomic mass is 32.1. The van der Waals surface area contributed by atoms with Gasteiger partial charge in [0.1, 0.15) is 5.69 Å². The van der Waals surface area contributed by atoms with Crippen LogP contribution in [0.15, 0.2) is 17.5 Å². The van der Waals surface area contributed by atoms with Gasteiger partial charge in [-0.3, -0.25) is 4.79 Å². The van der Waals surface area contributed by atoms with Gasteiger partial charge < -0.3 is 4.90 Å². The van der Waals surface area contributed by atoms with Gasteiger partial charge in [0.25, 0.3) is 5.91 Å². The summed E-state index contributed by atoms with van der Waals surface area (Å²) in [6.45, 7) is 8.70. The summed E-state index contributed by atoms with van der Waals surface area (Å²) in [4.78, 5) is 18.4. The van der Waals surface area contributed by atoms with Crippen molar-refractivity contribution in [2.45, 2.75) is 40.2 Å². The van der Waals surface area contributed by atoms with Crippen LogP contribution in [0.2, 0.25) is 0 Å². The van der Waals surface area contributed by atoms with Gasteiger partial charge in [0, 0.05) is 18.0 Å². The zero-order valence-corrected chi connectivity index (χ0v) is 11.8. The van der Waals surface area contributed by atoms with Crippen molar-refractivity contribution in [1.29, 1.82) is 0 Å². The molecule has 0 bridgehead atoms. The van der Waals surface area contributed by atoms with E-state index in [-0.39, 0.29) is 11.9 Å². The smallest absolute Gasteiger partial charge is 0.273 e. The highest BCUT2D eigenvalue weighted by Gasteiger charge is 2.21. The maximum absolute atomic E-state index is 12.3. The van der Waals surface area contributed by atoms with E-state index in [1.54, 1.807) is 0 Å². The highest BCUT2D eigenvalue weighted by Crippen LogP contribution is 2.13. The molecule has 0 N–H and O–H groups in total. The highest BCUT2D eigenvalue weighted by molar-refractivity contribution is 7.09. The Labute approximate surface area is 107 Å². The number of hydrogen-bond donors (Lipinski definition) is 0. The summed E-state index contributed by atoms with van der Waals surface area (Å²) in [6, 6.07) is 0.237. The molecule has 0 aromatic carbocycles. The zero-order valence-electron chi connectivity index (χ0n) is 10.9. The van der Waals surface area contributed by atoms with Crippen LogP contribution in [0.4, 0.5) is 0 Å². The van der Waals surface area contributed by atoms with Crippen LogP contribution >= 0.6 is 11.3 Å². The Balaban J connectivity index is 2.85. The third-order valence-corrected chi connectivity index (χ3v) is 3.53. The molecule has 0 spiro atoms. The fourth-order valence-corrected chi connectivity index (χ4v) is 2.10. The number of allylic oxidation sites excluding steroid dienone is 1. The lowest BCUT2D eigenvalue weighted by Gasteiger charge is -2.26. The lowest BCUT2D eigenvalue weighted by atomic mass is 10.2. The van der Waals surface area contributed by atoms with Gasteiger partial charge in [-0.25, -0.2) is 4.98 Å². The average Bonchev–Trinajstić information content (AvgIpc) is 2.75. The first-order chi connectivity index (χ1) is 8.10. The van der Waals surface area contributed by atoms with Gasteiger partial charge in [0.05, 0.1) is 5.01 Å². The Morgan fingerprint density at radius 1 is 1.65 bits per heavy atom. The van der Waals surface area contributed by atoms with Crippen molar-refractivity contribution in [1.82, 2.24) is 9.88 Å². The van der Waals surface area contributed by atoms with Crippen LogP contribution in [0, 0.1) is 6.92 Å². The molecule has 4 heteroatoms. The van der Waals surface area contributed by atoms with Crippen molar-refractivity contribution in [2.75, 3.05) is 6.54 Å². The molecule has 1 unspecified atom stereocenters. The molecule has 1 amide bonds. The summed E-state index contributed by atoms with van der Waals surface area (Å²) in [5, 5.41) is 2.77. The topological polar surface area (TPSA) is 33.2 Å².